The number of nitrogens with zero attached hydrogens (tertiary/aromatic N) is 2. The van der Waals surface area contributed by atoms with Crippen LogP contribution in [0.1, 0.15) is 10.4 Å². The van der Waals surface area contributed by atoms with Gasteiger partial charge in [0.05, 0.1) is 5.56 Å². The van der Waals surface area contributed by atoms with Crippen LogP contribution in [0.4, 0.5) is 6.01 Å². The number of carbonyl (C=O) groups is 1. The lowest BCUT2D eigenvalue weighted by molar-refractivity contribution is 0.102. The molecule has 1 N–H and O–H groups in total. The van der Waals surface area contributed by atoms with Gasteiger partial charge in [-0.3, -0.25) is 10.1 Å². The Morgan fingerprint density at radius 3 is 2.55 bits per heavy atom. The van der Waals surface area contributed by atoms with Gasteiger partial charge in [-0.05, 0) is 59.0 Å². The van der Waals surface area contributed by atoms with E-state index in [9.17, 15) is 4.79 Å². The third-order valence-corrected chi connectivity index (χ3v) is 4.05. The van der Waals surface area contributed by atoms with Crippen molar-refractivity contribution < 1.29 is 9.21 Å². The molecule has 0 aliphatic carbocycles. The Morgan fingerprint density at radius 2 is 1.82 bits per heavy atom. The van der Waals surface area contributed by atoms with Crippen LogP contribution in [0.15, 0.2) is 52.9 Å². The zero-order valence-electron chi connectivity index (χ0n) is 11.1. The number of hydrogen-bond donors (Lipinski definition) is 1. The van der Waals surface area contributed by atoms with Crippen molar-refractivity contribution in [3.63, 3.8) is 0 Å². The summed E-state index contributed by atoms with van der Waals surface area (Å²) in [6.07, 6.45) is 0. The summed E-state index contributed by atoms with van der Waals surface area (Å²) in [5.74, 6) is 0.0195. The minimum atomic E-state index is -0.295. The van der Waals surface area contributed by atoms with Gasteiger partial charge in [0.1, 0.15) is 0 Å². The average Bonchev–Trinajstić information content (AvgIpc) is 2.97. The van der Waals surface area contributed by atoms with E-state index in [1.54, 1.807) is 36.4 Å². The highest BCUT2D eigenvalue weighted by Gasteiger charge is 2.14. The number of halogens is 2. The minimum absolute atomic E-state index is 0.0506. The van der Waals surface area contributed by atoms with Crippen LogP contribution in [0.2, 0.25) is 5.02 Å². The van der Waals surface area contributed by atoms with Crippen molar-refractivity contribution in [3.8, 4) is 11.5 Å². The Labute approximate surface area is 144 Å². The first-order valence-electron chi connectivity index (χ1n) is 6.29. The summed E-state index contributed by atoms with van der Waals surface area (Å²) in [5.41, 5.74) is 1.28. The molecule has 3 aromatic rings. The highest BCUT2D eigenvalue weighted by molar-refractivity contribution is 14.1. The molecule has 110 valence electrons. The summed E-state index contributed by atoms with van der Waals surface area (Å²) >= 11 is 7.93. The van der Waals surface area contributed by atoms with E-state index >= 15 is 0 Å². The number of aromatic nitrogens is 2. The standard InChI is InChI=1S/C15H9ClIN3O2/c16-10-7-5-9(6-8-10)14-19-20-15(22-14)18-13(21)11-3-1-2-4-12(11)17/h1-8H,(H,18,20,21). The third-order valence-electron chi connectivity index (χ3n) is 2.86. The van der Waals surface area contributed by atoms with E-state index in [1.807, 2.05) is 12.1 Å². The topological polar surface area (TPSA) is 68.0 Å². The van der Waals surface area contributed by atoms with Crippen molar-refractivity contribution in [1.82, 2.24) is 10.2 Å². The SMILES string of the molecule is O=C(Nc1nnc(-c2ccc(Cl)cc2)o1)c1ccccc1I. The molecule has 5 nitrogen and oxygen atoms in total. The highest BCUT2D eigenvalue weighted by atomic mass is 127. The maximum Gasteiger partial charge on any atom is 0.322 e. The van der Waals surface area contributed by atoms with Gasteiger partial charge in [-0.15, -0.1) is 5.10 Å². The summed E-state index contributed by atoms with van der Waals surface area (Å²) in [7, 11) is 0. The molecule has 0 aliphatic rings. The maximum atomic E-state index is 12.2. The van der Waals surface area contributed by atoms with Crippen molar-refractivity contribution >= 4 is 46.1 Å². The summed E-state index contributed by atoms with van der Waals surface area (Å²) in [6, 6.07) is 14.3. The Balaban J connectivity index is 1.78. The molecule has 0 spiro atoms. The van der Waals surface area contributed by atoms with Gasteiger partial charge in [-0.1, -0.05) is 28.8 Å². The van der Waals surface area contributed by atoms with Crippen molar-refractivity contribution in [1.29, 1.82) is 0 Å². The molecule has 1 heterocycles. The second-order valence-corrected chi connectivity index (χ2v) is 5.95. The van der Waals surface area contributed by atoms with Gasteiger partial charge < -0.3 is 4.42 Å². The molecular weight excluding hydrogens is 417 g/mol. The highest BCUT2D eigenvalue weighted by Crippen LogP contribution is 2.22. The minimum Gasteiger partial charge on any atom is -0.403 e. The quantitative estimate of drug-likeness (QED) is 0.637. The molecule has 0 aliphatic heterocycles. The van der Waals surface area contributed by atoms with Gasteiger partial charge in [-0.25, -0.2) is 0 Å². The molecule has 22 heavy (non-hydrogen) atoms. The van der Waals surface area contributed by atoms with Gasteiger partial charge in [0.25, 0.3) is 5.91 Å². The molecular formula is C15H9ClIN3O2. The van der Waals surface area contributed by atoms with Crippen LogP contribution >= 0.6 is 34.2 Å². The predicted octanol–water partition coefficient (Wildman–Crippen LogP) is 4.25. The number of rotatable bonds is 3. The predicted molar refractivity (Wildman–Crippen MR) is 91.9 cm³/mol. The van der Waals surface area contributed by atoms with Gasteiger partial charge in [0.15, 0.2) is 0 Å². The van der Waals surface area contributed by atoms with Crippen LogP contribution in [0.25, 0.3) is 11.5 Å². The van der Waals surface area contributed by atoms with Crippen LogP contribution in [0, 0.1) is 3.57 Å². The van der Waals surface area contributed by atoms with Crippen molar-refractivity contribution in [2.24, 2.45) is 0 Å². The third kappa shape index (κ3) is 3.28. The molecule has 0 radical (unpaired) electrons. The van der Waals surface area contributed by atoms with Crippen LogP contribution in [0.3, 0.4) is 0 Å². The Bertz CT molecular complexity index is 818. The van der Waals surface area contributed by atoms with E-state index in [1.165, 1.54) is 0 Å². The molecule has 1 amide bonds. The zero-order valence-corrected chi connectivity index (χ0v) is 14.0. The molecule has 0 atom stereocenters. The largest absolute Gasteiger partial charge is 0.403 e. The monoisotopic (exact) mass is 425 g/mol. The Kier molecular flexibility index (Phi) is 4.39. The van der Waals surface area contributed by atoms with Crippen molar-refractivity contribution in [2.75, 3.05) is 5.32 Å². The molecule has 0 saturated heterocycles. The molecule has 0 bridgehead atoms. The van der Waals surface area contributed by atoms with E-state index in [2.05, 4.69) is 38.1 Å². The lowest BCUT2D eigenvalue weighted by Crippen LogP contribution is -2.13. The van der Waals surface area contributed by atoms with Crippen LogP contribution in [-0.4, -0.2) is 16.1 Å². The van der Waals surface area contributed by atoms with Gasteiger partial charge in [0.2, 0.25) is 5.89 Å². The van der Waals surface area contributed by atoms with Gasteiger partial charge >= 0.3 is 6.01 Å². The molecule has 1 aromatic heterocycles. The van der Waals surface area contributed by atoms with Gasteiger partial charge in [-0.2, -0.15) is 0 Å². The number of benzene rings is 2. The first kappa shape index (κ1) is 15.0. The molecule has 0 saturated carbocycles. The Morgan fingerprint density at radius 1 is 1.09 bits per heavy atom. The summed E-state index contributed by atoms with van der Waals surface area (Å²) < 4.78 is 6.28. The fourth-order valence-corrected chi connectivity index (χ4v) is 2.55. The zero-order chi connectivity index (χ0) is 15.5. The van der Waals surface area contributed by atoms with Gasteiger partial charge in [0, 0.05) is 14.2 Å². The normalized spacial score (nSPS) is 10.5. The van der Waals surface area contributed by atoms with E-state index in [4.69, 9.17) is 16.0 Å². The lowest BCUT2D eigenvalue weighted by Gasteiger charge is -2.02. The first-order chi connectivity index (χ1) is 10.6. The molecule has 2 aromatic carbocycles. The van der Waals surface area contributed by atoms with Crippen molar-refractivity contribution in [3.05, 3.63) is 62.7 Å². The summed E-state index contributed by atoms with van der Waals surface area (Å²) in [4.78, 5) is 12.2. The summed E-state index contributed by atoms with van der Waals surface area (Å²) in [6.45, 7) is 0. The second-order valence-electron chi connectivity index (χ2n) is 4.35. The number of hydrogen-bond acceptors (Lipinski definition) is 4. The fraction of sp³-hybridized carbons (Fsp3) is 0. The maximum absolute atomic E-state index is 12.2. The van der Waals surface area contributed by atoms with E-state index in [0.29, 0.717) is 16.5 Å². The van der Waals surface area contributed by atoms with E-state index < -0.39 is 0 Å². The second kappa shape index (κ2) is 6.45. The van der Waals surface area contributed by atoms with Crippen molar-refractivity contribution in [2.45, 2.75) is 0 Å². The molecule has 3 rings (SSSR count). The van der Waals surface area contributed by atoms with E-state index in [0.717, 1.165) is 9.13 Å². The first-order valence-corrected chi connectivity index (χ1v) is 7.74. The van der Waals surface area contributed by atoms with Crippen LogP contribution < -0.4 is 5.32 Å². The lowest BCUT2D eigenvalue weighted by atomic mass is 10.2. The van der Waals surface area contributed by atoms with Crippen LogP contribution in [-0.2, 0) is 0 Å². The number of amides is 1. The van der Waals surface area contributed by atoms with Crippen LogP contribution in [0.5, 0.6) is 0 Å². The van der Waals surface area contributed by atoms with E-state index in [-0.39, 0.29) is 11.9 Å². The molecule has 0 fully saturated rings. The molecule has 0 unspecified atom stereocenters. The number of anilines is 1. The average molecular weight is 426 g/mol. The molecule has 7 heteroatoms. The number of carbonyl (C=O) groups excluding carboxylic acids is 1. The smallest absolute Gasteiger partial charge is 0.322 e. The Hall–Kier alpha value is -1.93. The number of nitrogens with one attached hydrogen (secondary N) is 1. The fourth-order valence-electron chi connectivity index (χ4n) is 1.79. The summed E-state index contributed by atoms with van der Waals surface area (Å²) in [5, 5.41) is 10.9.